The second kappa shape index (κ2) is 16.0. The summed E-state index contributed by atoms with van der Waals surface area (Å²) in [6.45, 7) is 5.04. The van der Waals surface area contributed by atoms with E-state index >= 15 is 0 Å². The fourth-order valence-electron chi connectivity index (χ4n) is 6.92. The summed E-state index contributed by atoms with van der Waals surface area (Å²) in [7, 11) is 1.60. The van der Waals surface area contributed by atoms with Gasteiger partial charge in [0.15, 0.2) is 0 Å². The van der Waals surface area contributed by atoms with Crippen molar-refractivity contribution in [1.29, 1.82) is 0 Å². The van der Waals surface area contributed by atoms with Gasteiger partial charge in [0.2, 0.25) is 12.3 Å². The largest absolute Gasteiger partial charge is 0.394 e. The highest BCUT2D eigenvalue weighted by molar-refractivity contribution is 5.98. The number of fused-ring (bicyclic) bond motifs is 1. The first-order valence-corrected chi connectivity index (χ1v) is 16.7. The van der Waals surface area contributed by atoms with Crippen LogP contribution in [0, 0.1) is 0 Å². The van der Waals surface area contributed by atoms with Gasteiger partial charge in [0.25, 0.3) is 5.91 Å². The minimum atomic E-state index is -0.228. The number of allylic oxidation sites excluding steroid dienone is 2. The molecule has 1 atom stereocenters. The van der Waals surface area contributed by atoms with Crippen LogP contribution in [0.3, 0.4) is 0 Å². The lowest BCUT2D eigenvalue weighted by Crippen LogP contribution is -2.49. The SMILES string of the molecule is CNC(=O)CCN(C=O)c1cccc2c1ccn2C1CCN(CC2CN(/C(N)=C/C=C(\N)C(=O)NC3CCCCC3)CCO2)CC1. The molecule has 12 heteroatoms. The summed E-state index contributed by atoms with van der Waals surface area (Å²) < 4.78 is 8.45. The molecule has 1 aromatic heterocycles. The Morgan fingerprint density at radius 1 is 1.04 bits per heavy atom. The quantitative estimate of drug-likeness (QED) is 0.158. The molecule has 250 valence electrons. The fraction of sp³-hybridized carbons (Fsp3) is 0.559. The van der Waals surface area contributed by atoms with Crippen LogP contribution < -0.4 is 27.0 Å². The Bertz CT molecular complexity index is 1410. The van der Waals surface area contributed by atoms with Gasteiger partial charge in [-0.2, -0.15) is 0 Å². The van der Waals surface area contributed by atoms with E-state index in [1.807, 2.05) is 12.1 Å². The molecule has 3 heterocycles. The molecule has 1 aliphatic carbocycles. The Morgan fingerprint density at radius 2 is 1.83 bits per heavy atom. The van der Waals surface area contributed by atoms with Crippen molar-refractivity contribution in [2.24, 2.45) is 11.5 Å². The standard InChI is InChI=1S/C34H50N8O4/c1-37-33(44)15-18-41(24-43)30-8-5-9-31-28(30)14-19-42(31)26-12-16-39(17-13-26)22-27-23-40(20-21-46-27)32(36)11-10-29(35)34(45)38-25-6-3-2-4-7-25/h5,8-11,14,19,24-27H,2-4,6-7,12-13,15-18,20-23,35-36H2,1H3,(H,37,44)(H,38,45)/b29-10-,32-11+. The smallest absolute Gasteiger partial charge is 0.267 e. The lowest BCUT2D eigenvalue weighted by Gasteiger charge is -2.39. The Balaban J connectivity index is 1.12. The molecule has 46 heavy (non-hydrogen) atoms. The van der Waals surface area contributed by atoms with Gasteiger partial charge in [-0.05, 0) is 56.0 Å². The summed E-state index contributed by atoms with van der Waals surface area (Å²) in [6.07, 6.45) is 14.1. The summed E-state index contributed by atoms with van der Waals surface area (Å²) in [6, 6.07) is 8.64. The molecule has 2 aliphatic heterocycles. The van der Waals surface area contributed by atoms with E-state index in [4.69, 9.17) is 16.2 Å². The number of rotatable bonds is 12. The van der Waals surface area contributed by atoms with Crippen molar-refractivity contribution in [3.63, 3.8) is 0 Å². The summed E-state index contributed by atoms with van der Waals surface area (Å²) in [5.74, 6) is 0.261. The molecule has 0 spiro atoms. The van der Waals surface area contributed by atoms with Crippen LogP contribution in [0.4, 0.5) is 5.69 Å². The van der Waals surface area contributed by atoms with Crippen LogP contribution in [-0.2, 0) is 19.1 Å². The number of nitrogens with two attached hydrogens (primary N) is 2. The Kier molecular flexibility index (Phi) is 11.6. The molecule has 1 saturated carbocycles. The highest BCUT2D eigenvalue weighted by atomic mass is 16.5. The normalized spacial score (nSPS) is 20.9. The van der Waals surface area contributed by atoms with Gasteiger partial charge in [0.1, 0.15) is 0 Å². The number of piperidine rings is 1. The lowest BCUT2D eigenvalue weighted by atomic mass is 9.95. The molecule has 1 unspecified atom stereocenters. The van der Waals surface area contributed by atoms with Crippen LogP contribution in [0.1, 0.15) is 57.4 Å². The van der Waals surface area contributed by atoms with Gasteiger partial charge in [0, 0.05) is 76.4 Å². The predicted octanol–water partition coefficient (Wildman–Crippen LogP) is 2.17. The molecule has 2 saturated heterocycles. The molecule has 2 aromatic rings. The summed E-state index contributed by atoms with van der Waals surface area (Å²) in [4.78, 5) is 42.3. The third-order valence-electron chi connectivity index (χ3n) is 9.59. The van der Waals surface area contributed by atoms with Gasteiger partial charge >= 0.3 is 0 Å². The number of aromatic nitrogens is 1. The van der Waals surface area contributed by atoms with E-state index in [0.717, 1.165) is 81.2 Å². The Morgan fingerprint density at radius 3 is 2.57 bits per heavy atom. The zero-order valence-electron chi connectivity index (χ0n) is 27.0. The first-order valence-electron chi connectivity index (χ1n) is 16.7. The highest BCUT2D eigenvalue weighted by Gasteiger charge is 2.27. The van der Waals surface area contributed by atoms with Gasteiger partial charge < -0.3 is 46.1 Å². The molecular weight excluding hydrogens is 584 g/mol. The number of carbonyl (C=O) groups is 3. The second-order valence-electron chi connectivity index (χ2n) is 12.6. The van der Waals surface area contributed by atoms with Crippen molar-refractivity contribution < 1.29 is 19.1 Å². The number of anilines is 1. The minimum absolute atomic E-state index is 0.0345. The first kappa shape index (κ1) is 33.3. The van der Waals surface area contributed by atoms with Gasteiger partial charge in [-0.15, -0.1) is 0 Å². The fourth-order valence-corrected chi connectivity index (χ4v) is 6.92. The second-order valence-corrected chi connectivity index (χ2v) is 12.6. The Hall–Kier alpha value is -4.03. The van der Waals surface area contributed by atoms with E-state index in [9.17, 15) is 14.4 Å². The van der Waals surface area contributed by atoms with E-state index in [2.05, 4.69) is 43.3 Å². The molecule has 3 fully saturated rings. The van der Waals surface area contributed by atoms with Gasteiger partial charge in [-0.3, -0.25) is 14.4 Å². The Labute approximate surface area is 271 Å². The first-order chi connectivity index (χ1) is 22.4. The van der Waals surface area contributed by atoms with Crippen LogP contribution in [0.5, 0.6) is 0 Å². The maximum absolute atomic E-state index is 12.5. The minimum Gasteiger partial charge on any atom is -0.394 e. The van der Waals surface area contributed by atoms with Crippen molar-refractivity contribution >= 4 is 34.8 Å². The molecule has 6 N–H and O–H groups in total. The number of nitrogens with zero attached hydrogens (tertiary/aromatic N) is 4. The molecule has 3 amide bonds. The molecule has 0 radical (unpaired) electrons. The number of nitrogens with one attached hydrogen (secondary N) is 2. The third-order valence-corrected chi connectivity index (χ3v) is 9.59. The number of amides is 3. The number of hydrogen-bond donors (Lipinski definition) is 4. The van der Waals surface area contributed by atoms with Crippen molar-refractivity contribution in [1.82, 2.24) is 25.0 Å². The zero-order chi connectivity index (χ0) is 32.5. The summed E-state index contributed by atoms with van der Waals surface area (Å²) in [5.41, 5.74) is 14.6. The average molecular weight is 635 g/mol. The van der Waals surface area contributed by atoms with E-state index < -0.39 is 0 Å². The van der Waals surface area contributed by atoms with E-state index in [0.29, 0.717) is 38.1 Å². The third kappa shape index (κ3) is 8.41. The molecule has 0 bridgehead atoms. The average Bonchev–Trinajstić information content (AvgIpc) is 3.53. The van der Waals surface area contributed by atoms with Crippen LogP contribution in [-0.4, -0.2) is 97.7 Å². The van der Waals surface area contributed by atoms with Gasteiger partial charge in [-0.25, -0.2) is 0 Å². The lowest BCUT2D eigenvalue weighted by molar-refractivity contribution is -0.120. The van der Waals surface area contributed by atoms with E-state index in [1.165, 1.54) is 6.42 Å². The van der Waals surface area contributed by atoms with Crippen LogP contribution >= 0.6 is 0 Å². The van der Waals surface area contributed by atoms with Crippen molar-refractivity contribution in [3.05, 3.63) is 54.1 Å². The van der Waals surface area contributed by atoms with Crippen LogP contribution in [0.25, 0.3) is 10.9 Å². The van der Waals surface area contributed by atoms with E-state index in [-0.39, 0.29) is 36.1 Å². The molecular formula is C34H50N8O4. The summed E-state index contributed by atoms with van der Waals surface area (Å²) in [5, 5.41) is 6.67. The maximum atomic E-state index is 12.5. The highest BCUT2D eigenvalue weighted by Crippen LogP contribution is 2.33. The number of likely N-dealkylation sites (tertiary alicyclic amines) is 1. The number of carbonyl (C=O) groups excluding carboxylic acids is 3. The van der Waals surface area contributed by atoms with E-state index in [1.54, 1.807) is 24.1 Å². The molecule has 12 nitrogen and oxygen atoms in total. The molecule has 5 rings (SSSR count). The summed E-state index contributed by atoms with van der Waals surface area (Å²) >= 11 is 0. The van der Waals surface area contributed by atoms with Crippen molar-refractivity contribution in [2.75, 3.05) is 57.8 Å². The molecule has 1 aromatic carbocycles. The predicted molar refractivity (Wildman–Crippen MR) is 180 cm³/mol. The number of benzene rings is 1. The number of hydrogen-bond acceptors (Lipinski definition) is 8. The van der Waals surface area contributed by atoms with Crippen molar-refractivity contribution in [2.45, 2.75) is 69.6 Å². The topological polar surface area (TPSA) is 151 Å². The zero-order valence-corrected chi connectivity index (χ0v) is 27.0. The number of ether oxygens (including phenoxy) is 1. The number of morpholine rings is 1. The van der Waals surface area contributed by atoms with Gasteiger partial charge in [0.05, 0.1) is 35.4 Å². The monoisotopic (exact) mass is 634 g/mol. The maximum Gasteiger partial charge on any atom is 0.267 e. The van der Waals surface area contributed by atoms with Crippen LogP contribution in [0.2, 0.25) is 0 Å². The van der Waals surface area contributed by atoms with Crippen molar-refractivity contribution in [3.8, 4) is 0 Å². The van der Waals surface area contributed by atoms with Crippen LogP contribution in [0.15, 0.2) is 54.1 Å². The van der Waals surface area contributed by atoms with Gasteiger partial charge in [-0.1, -0.05) is 25.3 Å². The molecule has 3 aliphatic rings.